The molecule has 0 bridgehead atoms. The maximum absolute atomic E-state index is 12.4. The highest BCUT2D eigenvalue weighted by Crippen LogP contribution is 2.18. The van der Waals surface area contributed by atoms with E-state index >= 15 is 0 Å². The van der Waals surface area contributed by atoms with Gasteiger partial charge >= 0.3 is 5.97 Å². The number of ether oxygens (including phenoxy) is 2. The van der Waals surface area contributed by atoms with E-state index in [9.17, 15) is 14.4 Å². The van der Waals surface area contributed by atoms with Crippen LogP contribution in [-0.2, 0) is 9.53 Å². The Bertz CT molecular complexity index is 802. The molecule has 0 saturated heterocycles. The molecule has 0 radical (unpaired) electrons. The highest BCUT2D eigenvalue weighted by molar-refractivity contribution is 6.08. The van der Waals surface area contributed by atoms with Crippen molar-refractivity contribution >= 4 is 23.5 Å². The zero-order valence-corrected chi connectivity index (χ0v) is 15.3. The lowest BCUT2D eigenvalue weighted by molar-refractivity contribution is -0.124. The predicted octanol–water partition coefficient (Wildman–Crippen LogP) is 2.63. The van der Waals surface area contributed by atoms with Crippen molar-refractivity contribution in [2.75, 3.05) is 25.6 Å². The van der Waals surface area contributed by atoms with E-state index in [4.69, 9.17) is 9.47 Å². The number of rotatable bonds is 8. The van der Waals surface area contributed by atoms with Crippen molar-refractivity contribution < 1.29 is 23.9 Å². The van der Waals surface area contributed by atoms with Gasteiger partial charge in [0.2, 0.25) is 0 Å². The summed E-state index contributed by atoms with van der Waals surface area (Å²) in [5.41, 5.74) is 0.887. The van der Waals surface area contributed by atoms with E-state index in [2.05, 4.69) is 10.6 Å². The lowest BCUT2D eigenvalue weighted by atomic mass is 10.1. The van der Waals surface area contributed by atoms with Gasteiger partial charge in [-0.3, -0.25) is 9.59 Å². The molecule has 2 aromatic carbocycles. The number of anilines is 1. The molecule has 2 N–H and O–H groups in total. The second kappa shape index (κ2) is 9.96. The Morgan fingerprint density at radius 1 is 1.00 bits per heavy atom. The summed E-state index contributed by atoms with van der Waals surface area (Å²) in [7, 11) is 1.54. The van der Waals surface area contributed by atoms with Gasteiger partial charge in [0, 0.05) is 12.1 Å². The zero-order chi connectivity index (χ0) is 19.6. The lowest BCUT2D eigenvalue weighted by Crippen LogP contribution is -2.29. The van der Waals surface area contributed by atoms with Crippen molar-refractivity contribution in [3.05, 3.63) is 59.7 Å². The summed E-state index contributed by atoms with van der Waals surface area (Å²) in [6.07, 6.45) is 0.792. The van der Waals surface area contributed by atoms with Crippen LogP contribution in [0, 0.1) is 0 Å². The Morgan fingerprint density at radius 2 is 1.70 bits per heavy atom. The van der Waals surface area contributed by atoms with Crippen LogP contribution < -0.4 is 15.4 Å². The van der Waals surface area contributed by atoms with Crippen molar-refractivity contribution in [3.8, 4) is 5.75 Å². The summed E-state index contributed by atoms with van der Waals surface area (Å²) in [6, 6.07) is 13.0. The second-order valence-corrected chi connectivity index (χ2v) is 5.65. The molecular formula is C20H22N2O5. The number of hydrogen-bond donors (Lipinski definition) is 2. The van der Waals surface area contributed by atoms with Gasteiger partial charge in [0.25, 0.3) is 11.8 Å². The van der Waals surface area contributed by atoms with Crippen LogP contribution in [0.15, 0.2) is 48.5 Å². The molecule has 0 aliphatic rings. The van der Waals surface area contributed by atoms with Crippen LogP contribution in [0.2, 0.25) is 0 Å². The van der Waals surface area contributed by atoms with Crippen LogP contribution in [0.25, 0.3) is 0 Å². The number of para-hydroxylation sites is 1. The summed E-state index contributed by atoms with van der Waals surface area (Å²) in [5.74, 6) is -0.798. The van der Waals surface area contributed by atoms with Crippen LogP contribution >= 0.6 is 0 Å². The van der Waals surface area contributed by atoms with Gasteiger partial charge in [-0.25, -0.2) is 4.79 Å². The smallest absolute Gasteiger partial charge is 0.340 e. The number of carbonyl (C=O) groups is 3. The number of amides is 2. The van der Waals surface area contributed by atoms with E-state index in [1.165, 1.54) is 6.07 Å². The fraction of sp³-hybridized carbons (Fsp3) is 0.250. The summed E-state index contributed by atoms with van der Waals surface area (Å²) in [5, 5.41) is 5.31. The fourth-order valence-corrected chi connectivity index (χ4v) is 2.23. The normalized spacial score (nSPS) is 10.0. The Kier molecular flexibility index (Phi) is 7.37. The first kappa shape index (κ1) is 20.0. The molecule has 0 atom stereocenters. The first-order chi connectivity index (χ1) is 13.0. The molecule has 7 nitrogen and oxygen atoms in total. The number of hydrogen-bond acceptors (Lipinski definition) is 5. The Balaban J connectivity index is 2.04. The third-order valence-corrected chi connectivity index (χ3v) is 3.65. The minimum atomic E-state index is -0.688. The number of carbonyl (C=O) groups excluding carboxylic acids is 3. The molecule has 0 spiro atoms. The van der Waals surface area contributed by atoms with Crippen LogP contribution in [0.4, 0.5) is 5.69 Å². The molecule has 2 aromatic rings. The number of benzene rings is 2. The number of esters is 1. The molecule has 0 fully saturated rings. The molecule has 7 heteroatoms. The van der Waals surface area contributed by atoms with Crippen LogP contribution in [0.3, 0.4) is 0 Å². The molecule has 0 unspecified atom stereocenters. The molecule has 2 rings (SSSR count). The van der Waals surface area contributed by atoms with Crippen molar-refractivity contribution in [2.45, 2.75) is 13.3 Å². The van der Waals surface area contributed by atoms with E-state index in [1.807, 2.05) is 6.92 Å². The van der Waals surface area contributed by atoms with Gasteiger partial charge in [0.05, 0.1) is 18.4 Å². The van der Waals surface area contributed by atoms with Gasteiger partial charge in [-0.2, -0.15) is 0 Å². The molecule has 0 saturated carbocycles. The molecule has 0 heterocycles. The predicted molar refractivity (Wildman–Crippen MR) is 101 cm³/mol. The maximum Gasteiger partial charge on any atom is 0.340 e. The molecule has 0 aliphatic heterocycles. The second-order valence-electron chi connectivity index (χ2n) is 5.65. The van der Waals surface area contributed by atoms with Gasteiger partial charge < -0.3 is 20.1 Å². The van der Waals surface area contributed by atoms with Crippen LogP contribution in [0.5, 0.6) is 5.75 Å². The highest BCUT2D eigenvalue weighted by atomic mass is 16.5. The van der Waals surface area contributed by atoms with E-state index in [1.54, 1.807) is 49.6 Å². The topological polar surface area (TPSA) is 93.7 Å². The minimum Gasteiger partial charge on any atom is -0.497 e. The van der Waals surface area contributed by atoms with Crippen LogP contribution in [-0.4, -0.2) is 38.0 Å². The van der Waals surface area contributed by atoms with Crippen LogP contribution in [0.1, 0.15) is 34.1 Å². The van der Waals surface area contributed by atoms with Crippen molar-refractivity contribution in [2.24, 2.45) is 0 Å². The van der Waals surface area contributed by atoms with E-state index < -0.39 is 5.97 Å². The average Bonchev–Trinajstić information content (AvgIpc) is 2.70. The van der Waals surface area contributed by atoms with E-state index in [-0.39, 0.29) is 24.0 Å². The first-order valence-corrected chi connectivity index (χ1v) is 8.53. The van der Waals surface area contributed by atoms with Crippen molar-refractivity contribution in [1.82, 2.24) is 5.32 Å². The fourth-order valence-electron chi connectivity index (χ4n) is 2.23. The SMILES string of the molecule is CCCNC(=O)COC(=O)c1ccccc1NC(=O)c1ccc(OC)cc1. The Labute approximate surface area is 157 Å². The van der Waals surface area contributed by atoms with Crippen molar-refractivity contribution in [1.29, 1.82) is 0 Å². The molecule has 0 aliphatic carbocycles. The van der Waals surface area contributed by atoms with Crippen molar-refractivity contribution in [3.63, 3.8) is 0 Å². The van der Waals surface area contributed by atoms with E-state index in [0.29, 0.717) is 23.5 Å². The molecular weight excluding hydrogens is 348 g/mol. The van der Waals surface area contributed by atoms with Gasteiger partial charge in [-0.15, -0.1) is 0 Å². The highest BCUT2D eigenvalue weighted by Gasteiger charge is 2.16. The lowest BCUT2D eigenvalue weighted by Gasteiger charge is -2.11. The van der Waals surface area contributed by atoms with Gasteiger partial charge in [0.1, 0.15) is 5.75 Å². The quantitative estimate of drug-likeness (QED) is 0.697. The maximum atomic E-state index is 12.4. The molecule has 27 heavy (non-hydrogen) atoms. The molecule has 142 valence electrons. The monoisotopic (exact) mass is 370 g/mol. The van der Waals surface area contributed by atoms with E-state index in [0.717, 1.165) is 6.42 Å². The van der Waals surface area contributed by atoms with Gasteiger partial charge in [0.15, 0.2) is 6.61 Å². The number of nitrogens with one attached hydrogen (secondary N) is 2. The Morgan fingerprint density at radius 3 is 2.37 bits per heavy atom. The summed E-state index contributed by atoms with van der Waals surface area (Å²) < 4.78 is 10.1. The van der Waals surface area contributed by atoms with Gasteiger partial charge in [-0.05, 0) is 42.8 Å². The largest absolute Gasteiger partial charge is 0.497 e. The zero-order valence-electron chi connectivity index (χ0n) is 15.3. The third kappa shape index (κ3) is 5.85. The minimum absolute atomic E-state index is 0.169. The average molecular weight is 370 g/mol. The molecule has 2 amide bonds. The third-order valence-electron chi connectivity index (χ3n) is 3.65. The summed E-state index contributed by atoms with van der Waals surface area (Å²) >= 11 is 0. The molecule has 0 aromatic heterocycles. The number of methoxy groups -OCH3 is 1. The summed E-state index contributed by atoms with van der Waals surface area (Å²) in [4.78, 5) is 36.2. The first-order valence-electron chi connectivity index (χ1n) is 8.53. The summed E-state index contributed by atoms with van der Waals surface area (Å²) in [6.45, 7) is 2.07. The standard InChI is InChI=1S/C20H22N2O5/c1-3-12-21-18(23)13-27-20(25)16-6-4-5-7-17(16)22-19(24)14-8-10-15(26-2)11-9-14/h4-11H,3,12-13H2,1-2H3,(H,21,23)(H,22,24). The Hall–Kier alpha value is -3.35. The van der Waals surface area contributed by atoms with Gasteiger partial charge in [-0.1, -0.05) is 19.1 Å².